The molecular weight excluding hydrogens is 89.8 g/mol. The Hall–Kier alpha value is 0.662. The van der Waals surface area contributed by atoms with Gasteiger partial charge in [0.2, 0.25) is 0 Å². The van der Waals surface area contributed by atoms with Crippen molar-refractivity contribution in [3.8, 4) is 0 Å². The quantitative estimate of drug-likeness (QED) is 0.346. The van der Waals surface area contributed by atoms with E-state index >= 15 is 0 Å². The van der Waals surface area contributed by atoms with E-state index in [0.717, 1.165) is 11.2 Å². The molecule has 0 spiro atoms. The first kappa shape index (κ1) is 11.5. The molecule has 0 nitrogen and oxygen atoms in total. The maximum atomic E-state index is 2.37. The van der Waals surface area contributed by atoms with Crippen molar-refractivity contribution in [1.82, 2.24) is 0 Å². The van der Waals surface area contributed by atoms with E-state index in [1.807, 2.05) is 0 Å². The Morgan fingerprint density at radius 3 is 1.38 bits per heavy atom. The second-order valence-corrected chi connectivity index (χ2v) is 2.23. The molecule has 44 valence electrons. The van der Waals surface area contributed by atoms with Gasteiger partial charge in [-0.1, -0.05) is 33.6 Å². The van der Waals surface area contributed by atoms with E-state index in [9.17, 15) is 0 Å². The normalized spacial score (nSPS) is 11.2. The Kier molecular flexibility index (Phi) is 5.22. The minimum Gasteiger partial charge on any atom is -0.167 e. The molecule has 0 aliphatic rings. The predicted molar refractivity (Wildman–Crippen MR) is 38.8 cm³/mol. The predicted octanol–water partition coefficient (Wildman–Crippen LogP) is -1.79. The Balaban J connectivity index is 0. The molecule has 0 bridgehead atoms. The van der Waals surface area contributed by atoms with Crippen molar-refractivity contribution in [3.63, 3.8) is 0 Å². The molecule has 2 heteroatoms. The van der Waals surface area contributed by atoms with Gasteiger partial charge >= 0.3 is 18.9 Å². The monoisotopic (exact) mass is 106 g/mol. The molecule has 0 fully saturated rings. The Labute approximate surface area is 66.0 Å². The molecule has 0 unspecified atom stereocenters. The maximum absolute atomic E-state index is 2.37. The van der Waals surface area contributed by atoms with Crippen LogP contribution in [0.4, 0.5) is 0 Å². The molecule has 0 N–H and O–H groups in total. The van der Waals surface area contributed by atoms with Gasteiger partial charge in [-0.2, -0.15) is 5.31 Å². The zero-order valence-electron chi connectivity index (χ0n) is 6.08. The van der Waals surface area contributed by atoms with E-state index in [0.29, 0.717) is 7.85 Å². The molecule has 8 heavy (non-hydrogen) atoms. The molecular formula is C6H16BLi. The van der Waals surface area contributed by atoms with E-state index in [4.69, 9.17) is 0 Å². The second-order valence-electron chi connectivity index (χ2n) is 2.23. The zero-order valence-corrected chi connectivity index (χ0v) is 6.08. The maximum Gasteiger partial charge on any atom is 1.00 e. The summed E-state index contributed by atoms with van der Waals surface area (Å²) >= 11 is 0. The Morgan fingerprint density at radius 1 is 1.25 bits per heavy atom. The first-order valence-corrected chi connectivity index (χ1v) is 2.44. The summed E-state index contributed by atoms with van der Waals surface area (Å²) in [5.74, 6) is 0.910. The first-order valence-electron chi connectivity index (χ1n) is 2.44. The van der Waals surface area contributed by atoms with Crippen LogP contribution in [-0.4, -0.2) is 7.85 Å². The first-order chi connectivity index (χ1) is 2.94. The fraction of sp³-hybridized carbons (Fsp3) is 1.00. The number of rotatable bonds is 1. The van der Waals surface area contributed by atoms with Crippen LogP contribution in [0.2, 0.25) is 5.31 Å². The SMILES string of the molecule is [BH3-]C(C)(C)C(C)C.[Li+]. The van der Waals surface area contributed by atoms with Gasteiger partial charge < -0.3 is 0 Å². The largest absolute Gasteiger partial charge is 1.00 e. The summed E-state index contributed by atoms with van der Waals surface area (Å²) in [5.41, 5.74) is 0. The van der Waals surface area contributed by atoms with Crippen molar-refractivity contribution in [1.29, 1.82) is 0 Å². The van der Waals surface area contributed by atoms with Gasteiger partial charge in [-0.25, -0.2) is 0 Å². The minimum absolute atomic E-state index is 0. The Morgan fingerprint density at radius 2 is 1.38 bits per heavy atom. The van der Waals surface area contributed by atoms with Crippen molar-refractivity contribution < 1.29 is 18.9 Å². The summed E-state index contributed by atoms with van der Waals surface area (Å²) in [6.45, 7) is 9.37. The Bertz CT molecular complexity index is 54.0. The number of hydrogen-bond acceptors (Lipinski definition) is 0. The standard InChI is InChI=1S/C6H16B.Li/c1-5(2)6(3,4)7;/h5H,1-4,7H3;/q-1;+1. The van der Waals surface area contributed by atoms with Gasteiger partial charge in [0.05, 0.1) is 0 Å². The zero-order chi connectivity index (χ0) is 6.08. The molecule has 0 heterocycles. The third kappa shape index (κ3) is 4.81. The van der Waals surface area contributed by atoms with Crippen LogP contribution in [0.3, 0.4) is 0 Å². The van der Waals surface area contributed by atoms with Crippen LogP contribution >= 0.6 is 0 Å². The molecule has 0 aromatic carbocycles. The van der Waals surface area contributed by atoms with Crippen molar-refractivity contribution in [2.24, 2.45) is 5.92 Å². The average Bonchev–Trinajstić information content (AvgIpc) is 1.31. The molecule has 0 amide bonds. The van der Waals surface area contributed by atoms with E-state index < -0.39 is 0 Å². The van der Waals surface area contributed by atoms with Crippen molar-refractivity contribution in [2.45, 2.75) is 33.0 Å². The number of hydrogen-bond donors (Lipinski definition) is 0. The summed E-state index contributed by atoms with van der Waals surface area (Å²) in [4.78, 5) is 0. The van der Waals surface area contributed by atoms with Crippen molar-refractivity contribution in [3.05, 3.63) is 0 Å². The van der Waals surface area contributed by atoms with E-state index in [1.165, 1.54) is 0 Å². The van der Waals surface area contributed by atoms with E-state index in [2.05, 4.69) is 27.7 Å². The molecule has 0 aromatic rings. The molecule has 0 radical (unpaired) electrons. The van der Waals surface area contributed by atoms with Gasteiger partial charge in [-0.15, -0.1) is 0 Å². The fourth-order valence-electron chi connectivity index (χ4n) is 0. The molecule has 0 atom stereocenters. The smallest absolute Gasteiger partial charge is 0.167 e. The minimum atomic E-state index is 0. The summed E-state index contributed by atoms with van der Waals surface area (Å²) in [6.07, 6.45) is 0. The summed E-state index contributed by atoms with van der Waals surface area (Å²) in [5, 5.41) is 0.750. The van der Waals surface area contributed by atoms with Crippen LogP contribution in [0, 0.1) is 5.92 Å². The summed E-state index contributed by atoms with van der Waals surface area (Å²) in [7, 11) is 0.553. The van der Waals surface area contributed by atoms with Crippen molar-refractivity contribution in [2.75, 3.05) is 0 Å². The van der Waals surface area contributed by atoms with Crippen molar-refractivity contribution >= 4 is 7.85 Å². The van der Waals surface area contributed by atoms with E-state index in [1.54, 1.807) is 0 Å². The van der Waals surface area contributed by atoms with Gasteiger partial charge in [0.1, 0.15) is 0 Å². The van der Waals surface area contributed by atoms with Crippen LogP contribution in [0.15, 0.2) is 0 Å². The average molecular weight is 106 g/mol. The third-order valence-electron chi connectivity index (χ3n) is 1.15. The third-order valence-corrected chi connectivity index (χ3v) is 1.15. The molecule has 0 aliphatic heterocycles. The molecule has 0 saturated heterocycles. The molecule has 0 saturated carbocycles. The molecule has 0 rings (SSSR count). The van der Waals surface area contributed by atoms with E-state index in [-0.39, 0.29) is 18.9 Å². The van der Waals surface area contributed by atoms with Crippen LogP contribution in [-0.2, 0) is 0 Å². The van der Waals surface area contributed by atoms with Crippen LogP contribution in [0.1, 0.15) is 27.7 Å². The topological polar surface area (TPSA) is 0 Å². The molecule has 0 aliphatic carbocycles. The van der Waals surface area contributed by atoms with Crippen LogP contribution in [0.25, 0.3) is 0 Å². The van der Waals surface area contributed by atoms with Gasteiger partial charge in [-0.05, 0) is 7.85 Å². The second kappa shape index (κ2) is 3.64. The van der Waals surface area contributed by atoms with Gasteiger partial charge in [-0.3, -0.25) is 0 Å². The van der Waals surface area contributed by atoms with Crippen LogP contribution < -0.4 is 18.9 Å². The summed E-state index contributed by atoms with van der Waals surface area (Å²) < 4.78 is 0. The fourth-order valence-corrected chi connectivity index (χ4v) is 0. The van der Waals surface area contributed by atoms with Gasteiger partial charge in [0.25, 0.3) is 0 Å². The van der Waals surface area contributed by atoms with Gasteiger partial charge in [0, 0.05) is 0 Å². The van der Waals surface area contributed by atoms with Crippen LogP contribution in [0.5, 0.6) is 0 Å². The molecule has 0 aromatic heterocycles. The summed E-state index contributed by atoms with van der Waals surface area (Å²) in [6, 6.07) is 0. The van der Waals surface area contributed by atoms with Gasteiger partial charge in [0.15, 0.2) is 0 Å².